The summed E-state index contributed by atoms with van der Waals surface area (Å²) in [6, 6.07) is 26.8. The van der Waals surface area contributed by atoms with Crippen molar-refractivity contribution in [3.63, 3.8) is 0 Å². The maximum atomic E-state index is 12.9. The SMILES string of the molecule is CC(=O)NS(=O)(=O)c1ccc(CC(=O)c2nc(-c3csc4ccccc34)cnc2N)cc1.CC(=O)NS(=O)(=O)c1ccc(CC(=O)c2nc(Br)cnc2N)cc1.OB(O)c1csc2ccccc12. The molecule has 2 amide bonds. The molecule has 24 heteroatoms. The molecule has 4 heterocycles. The molecule has 0 aliphatic rings. The Bertz CT molecular complexity index is 3410. The number of hydrogen-bond acceptors (Lipinski definition) is 18. The summed E-state index contributed by atoms with van der Waals surface area (Å²) in [6.45, 7) is 2.22. The molecule has 0 saturated carbocycles. The molecule has 0 saturated heterocycles. The van der Waals surface area contributed by atoms with Gasteiger partial charge in [-0.05, 0) is 74.2 Å². The summed E-state index contributed by atoms with van der Waals surface area (Å²) in [4.78, 5) is 63.4. The van der Waals surface area contributed by atoms with E-state index in [9.17, 15) is 36.0 Å². The first-order valence-corrected chi connectivity index (χ1v) is 25.2. The third kappa shape index (κ3) is 12.8. The highest BCUT2D eigenvalue weighted by molar-refractivity contribution is 9.10. The number of anilines is 2. The molecule has 18 nitrogen and oxygen atoms in total. The molecule has 0 aliphatic heterocycles. The summed E-state index contributed by atoms with van der Waals surface area (Å²) in [7, 11) is -9.20. The Morgan fingerprint density at radius 1 is 0.632 bits per heavy atom. The van der Waals surface area contributed by atoms with Crippen LogP contribution in [-0.4, -0.2) is 77.3 Å². The molecule has 68 heavy (non-hydrogen) atoms. The Labute approximate surface area is 405 Å². The number of Topliss-reactive ketones (excluding diaryl/α,β-unsaturated/α-hetero) is 2. The number of amides is 2. The molecule has 0 atom stereocenters. The molecular weight excluding hydrogens is 1020 g/mol. The lowest BCUT2D eigenvalue weighted by Crippen LogP contribution is -2.28. The van der Waals surface area contributed by atoms with E-state index in [4.69, 9.17) is 21.5 Å². The van der Waals surface area contributed by atoms with Crippen LogP contribution in [0, 0.1) is 0 Å². The highest BCUT2D eigenvalue weighted by Gasteiger charge is 2.21. The summed E-state index contributed by atoms with van der Waals surface area (Å²) in [5, 5.41) is 23.6. The highest BCUT2D eigenvalue weighted by Crippen LogP contribution is 2.33. The van der Waals surface area contributed by atoms with E-state index in [1.54, 1.807) is 22.9 Å². The van der Waals surface area contributed by atoms with E-state index in [2.05, 4.69) is 35.9 Å². The van der Waals surface area contributed by atoms with Gasteiger partial charge in [0.2, 0.25) is 11.8 Å². The normalized spacial score (nSPS) is 11.1. The summed E-state index contributed by atoms with van der Waals surface area (Å²) in [6.07, 6.45) is 2.87. The van der Waals surface area contributed by atoms with Gasteiger partial charge in [-0.25, -0.2) is 46.2 Å². The molecule has 348 valence electrons. The third-order valence-corrected chi connectivity index (χ3v) is 14.6. The number of rotatable bonds is 12. The van der Waals surface area contributed by atoms with E-state index in [1.807, 2.05) is 63.4 Å². The minimum Gasteiger partial charge on any atom is -0.423 e. The van der Waals surface area contributed by atoms with Crippen LogP contribution in [-0.2, 0) is 42.5 Å². The van der Waals surface area contributed by atoms with E-state index in [1.165, 1.54) is 66.1 Å². The fourth-order valence-corrected chi connectivity index (χ4v) is 10.5. The number of nitrogens with zero attached hydrogens (tertiary/aromatic N) is 4. The largest absolute Gasteiger partial charge is 0.489 e. The average Bonchev–Trinajstić information content (AvgIpc) is 3.93. The highest BCUT2D eigenvalue weighted by atomic mass is 79.9. The fourth-order valence-electron chi connectivity index (χ4n) is 6.30. The van der Waals surface area contributed by atoms with Crippen LogP contribution < -0.4 is 26.4 Å². The van der Waals surface area contributed by atoms with Gasteiger partial charge in [-0.2, -0.15) is 0 Å². The average molecular weight is 1060 g/mol. The van der Waals surface area contributed by atoms with E-state index in [0.717, 1.165) is 39.6 Å². The number of ketones is 2. The molecule has 0 radical (unpaired) electrons. The molecule has 4 aromatic carbocycles. The van der Waals surface area contributed by atoms with Gasteiger partial charge in [0, 0.05) is 57.9 Å². The van der Waals surface area contributed by atoms with Crippen molar-refractivity contribution < 1.29 is 46.1 Å². The summed E-state index contributed by atoms with van der Waals surface area (Å²) in [5.74, 6) is -2.00. The second kappa shape index (κ2) is 21.9. The van der Waals surface area contributed by atoms with E-state index in [0.29, 0.717) is 26.9 Å². The number of aromatic nitrogens is 4. The zero-order valence-electron chi connectivity index (χ0n) is 35.7. The van der Waals surface area contributed by atoms with Crippen molar-refractivity contribution in [3.8, 4) is 11.3 Å². The molecule has 0 spiro atoms. The minimum atomic E-state index is -3.94. The van der Waals surface area contributed by atoms with Crippen molar-refractivity contribution in [1.29, 1.82) is 0 Å². The standard InChI is InChI=1S/C22H18N4O4S2.C14H13BrN4O4S.C8H7BO2S/c1-13(27)26-32(29,30)15-8-6-14(7-9-15)10-19(28)21-22(23)24-11-18(25-21)17-12-31-20-5-3-2-4-16(17)20;1-8(20)19-24(22,23)10-4-2-9(3-5-10)6-11(21)13-14(16)17-7-12(15)18-13;10-9(11)7-5-12-8-4-2-1-3-6(7)8/h2-9,11-12H,10H2,1H3,(H2,23,24)(H,26,27);2-5,7H,6H2,1H3,(H2,16,17)(H,19,20);1-5,10-11H. The molecular formula is C44H38BBrN8O10S4. The fraction of sp³-hybridized carbons (Fsp3) is 0.0909. The summed E-state index contributed by atoms with van der Waals surface area (Å²) >= 11 is 6.22. The Hall–Kier alpha value is -6.80. The van der Waals surface area contributed by atoms with Crippen LogP contribution in [0.15, 0.2) is 135 Å². The Morgan fingerprint density at radius 2 is 1.07 bits per heavy atom. The zero-order chi connectivity index (χ0) is 49.3. The number of nitrogens with two attached hydrogens (primary N) is 2. The van der Waals surface area contributed by atoms with Crippen LogP contribution in [0.3, 0.4) is 0 Å². The number of halogens is 1. The van der Waals surface area contributed by atoms with Crippen LogP contribution in [0.5, 0.6) is 0 Å². The van der Waals surface area contributed by atoms with Gasteiger partial charge < -0.3 is 21.5 Å². The lowest BCUT2D eigenvalue weighted by atomic mass is 9.80. The molecule has 0 fully saturated rings. The van der Waals surface area contributed by atoms with Gasteiger partial charge >= 0.3 is 7.12 Å². The molecule has 0 bridgehead atoms. The quantitative estimate of drug-likeness (QED) is 0.0704. The van der Waals surface area contributed by atoms with Crippen molar-refractivity contribution in [2.75, 3.05) is 11.5 Å². The smallest absolute Gasteiger partial charge is 0.423 e. The Kier molecular flexibility index (Phi) is 16.3. The number of nitrogens with one attached hydrogen (secondary N) is 2. The number of carbonyl (C=O) groups excluding carboxylic acids is 4. The van der Waals surface area contributed by atoms with Gasteiger partial charge in [-0.3, -0.25) is 19.2 Å². The number of thiophene rings is 2. The maximum absolute atomic E-state index is 12.9. The van der Waals surface area contributed by atoms with Gasteiger partial charge in [0.25, 0.3) is 20.0 Å². The van der Waals surface area contributed by atoms with E-state index < -0.39 is 39.0 Å². The first-order chi connectivity index (χ1) is 32.2. The third-order valence-electron chi connectivity index (χ3n) is 9.40. The Morgan fingerprint density at radius 3 is 1.57 bits per heavy atom. The minimum absolute atomic E-state index is 0.0181. The van der Waals surface area contributed by atoms with Gasteiger partial charge in [-0.1, -0.05) is 60.7 Å². The van der Waals surface area contributed by atoms with E-state index >= 15 is 0 Å². The number of benzene rings is 4. The zero-order valence-corrected chi connectivity index (χ0v) is 40.5. The number of hydrogen-bond donors (Lipinski definition) is 6. The van der Waals surface area contributed by atoms with E-state index in [-0.39, 0.29) is 57.2 Å². The van der Waals surface area contributed by atoms with Crippen LogP contribution in [0.1, 0.15) is 46.0 Å². The number of carbonyl (C=O) groups is 4. The Balaban J connectivity index is 0.000000185. The molecule has 0 aliphatic carbocycles. The summed E-state index contributed by atoms with van der Waals surface area (Å²) in [5.41, 5.74) is 14.8. The lowest BCUT2D eigenvalue weighted by molar-refractivity contribution is -0.118. The second-order valence-corrected chi connectivity index (χ2v) is 20.4. The molecule has 8 rings (SSSR count). The molecule has 0 unspecified atom stereocenters. The second-order valence-electron chi connectivity index (χ2n) is 14.4. The lowest BCUT2D eigenvalue weighted by Gasteiger charge is -2.08. The van der Waals surface area contributed by atoms with Crippen molar-refractivity contribution >= 4 is 126 Å². The number of sulfonamides is 2. The van der Waals surface area contributed by atoms with Gasteiger partial charge in [0.05, 0.1) is 27.9 Å². The number of fused-ring (bicyclic) bond motifs is 2. The topological polar surface area (TPSA) is 305 Å². The monoisotopic (exact) mass is 1060 g/mol. The van der Waals surface area contributed by atoms with Gasteiger partial charge in [0.15, 0.2) is 23.2 Å². The predicted molar refractivity (Wildman–Crippen MR) is 264 cm³/mol. The van der Waals surface area contributed by atoms with Gasteiger partial charge in [0.1, 0.15) is 16.0 Å². The van der Waals surface area contributed by atoms with Crippen LogP contribution in [0.2, 0.25) is 0 Å². The first kappa shape index (κ1) is 50.6. The molecule has 8 aromatic rings. The number of nitrogen functional groups attached to an aromatic ring is 2. The van der Waals surface area contributed by atoms with Crippen LogP contribution in [0.4, 0.5) is 11.6 Å². The van der Waals surface area contributed by atoms with Crippen molar-refractivity contribution in [1.82, 2.24) is 29.4 Å². The molecule has 8 N–H and O–H groups in total. The van der Waals surface area contributed by atoms with Crippen molar-refractivity contribution in [3.05, 3.63) is 147 Å². The van der Waals surface area contributed by atoms with Crippen LogP contribution >= 0.6 is 38.6 Å². The predicted octanol–water partition coefficient (Wildman–Crippen LogP) is 4.84. The first-order valence-electron chi connectivity index (χ1n) is 19.7. The van der Waals surface area contributed by atoms with Crippen LogP contribution in [0.25, 0.3) is 31.4 Å². The van der Waals surface area contributed by atoms with Gasteiger partial charge in [-0.15, -0.1) is 22.7 Å². The van der Waals surface area contributed by atoms with Crippen molar-refractivity contribution in [2.45, 2.75) is 36.5 Å². The van der Waals surface area contributed by atoms with Crippen molar-refractivity contribution in [2.24, 2.45) is 0 Å². The molecule has 4 aromatic heterocycles. The summed E-state index contributed by atoms with van der Waals surface area (Å²) < 4.78 is 54.1. The maximum Gasteiger partial charge on any atom is 0.489 e.